The van der Waals surface area contributed by atoms with Gasteiger partial charge in [-0.3, -0.25) is 14.1 Å². The summed E-state index contributed by atoms with van der Waals surface area (Å²) in [5.41, 5.74) is 1.89. The number of anilines is 2. The highest BCUT2D eigenvalue weighted by Crippen LogP contribution is 2.38. The van der Waals surface area contributed by atoms with E-state index in [-0.39, 0.29) is 5.91 Å². The highest BCUT2D eigenvalue weighted by Gasteiger charge is 2.23. The smallest absolute Gasteiger partial charge is 0.239 e. The van der Waals surface area contributed by atoms with Crippen molar-refractivity contribution < 1.29 is 23.1 Å². The number of benzene rings is 2. The van der Waals surface area contributed by atoms with Gasteiger partial charge in [-0.05, 0) is 60.3 Å². The summed E-state index contributed by atoms with van der Waals surface area (Å²) >= 11 is 1.39. The number of aromatic nitrogens is 3. The summed E-state index contributed by atoms with van der Waals surface area (Å²) in [5.74, 6) is 2.49. The van der Waals surface area contributed by atoms with Crippen molar-refractivity contribution in [3.63, 3.8) is 0 Å². The SMILES string of the molecule is COc1cccc(OC)c1-n1c(NSCCc2ccc(F)cc2NC(C)=O)nnc1-c1ccco1. The van der Waals surface area contributed by atoms with Crippen LogP contribution in [0.3, 0.4) is 0 Å². The highest BCUT2D eigenvalue weighted by molar-refractivity contribution is 8.00. The van der Waals surface area contributed by atoms with Crippen LogP contribution in [0.15, 0.2) is 59.2 Å². The van der Waals surface area contributed by atoms with Crippen molar-refractivity contribution in [2.24, 2.45) is 0 Å². The van der Waals surface area contributed by atoms with Gasteiger partial charge in [-0.15, -0.1) is 10.2 Å². The predicted molar refractivity (Wildman–Crippen MR) is 133 cm³/mol. The largest absolute Gasteiger partial charge is 0.494 e. The maximum atomic E-state index is 13.6. The van der Waals surface area contributed by atoms with Crippen molar-refractivity contribution in [2.75, 3.05) is 30.0 Å². The molecule has 4 aromatic rings. The molecule has 2 N–H and O–H groups in total. The molecule has 2 aromatic heterocycles. The Balaban J connectivity index is 1.59. The predicted octanol–water partition coefficient (Wildman–Crippen LogP) is 4.94. The van der Waals surface area contributed by atoms with Crippen molar-refractivity contribution in [3.8, 4) is 28.8 Å². The second-order valence-electron chi connectivity index (χ2n) is 7.35. The lowest BCUT2D eigenvalue weighted by Gasteiger charge is -2.17. The fraction of sp³-hybridized carbons (Fsp3) is 0.208. The van der Waals surface area contributed by atoms with E-state index in [1.165, 1.54) is 31.0 Å². The van der Waals surface area contributed by atoms with E-state index >= 15 is 0 Å². The van der Waals surface area contributed by atoms with E-state index in [9.17, 15) is 9.18 Å². The monoisotopic (exact) mass is 497 g/mol. The number of nitrogens with zero attached hydrogens (tertiary/aromatic N) is 3. The van der Waals surface area contributed by atoms with E-state index in [0.29, 0.717) is 52.6 Å². The van der Waals surface area contributed by atoms with Crippen molar-refractivity contribution in [1.82, 2.24) is 14.8 Å². The van der Waals surface area contributed by atoms with Crippen LogP contribution in [0.25, 0.3) is 17.3 Å². The second kappa shape index (κ2) is 11.0. The number of carbonyl (C=O) groups excluding carboxylic acids is 1. The van der Waals surface area contributed by atoms with Gasteiger partial charge in [-0.25, -0.2) is 4.39 Å². The third kappa shape index (κ3) is 5.40. The van der Waals surface area contributed by atoms with Crippen LogP contribution < -0.4 is 19.5 Å². The molecule has 1 amide bonds. The Bertz CT molecular complexity index is 1290. The van der Waals surface area contributed by atoms with Crippen LogP contribution in [-0.4, -0.2) is 40.6 Å². The van der Waals surface area contributed by atoms with E-state index < -0.39 is 5.82 Å². The molecule has 35 heavy (non-hydrogen) atoms. The Morgan fingerprint density at radius 1 is 1.11 bits per heavy atom. The van der Waals surface area contributed by atoms with Crippen molar-refractivity contribution >= 4 is 29.5 Å². The van der Waals surface area contributed by atoms with Crippen molar-refractivity contribution in [3.05, 3.63) is 66.2 Å². The van der Waals surface area contributed by atoms with Gasteiger partial charge < -0.3 is 19.2 Å². The summed E-state index contributed by atoms with van der Waals surface area (Å²) < 4.78 is 35.4. The summed E-state index contributed by atoms with van der Waals surface area (Å²) in [5, 5.41) is 11.3. The first-order valence-corrected chi connectivity index (χ1v) is 11.6. The Kier molecular flexibility index (Phi) is 7.56. The number of amides is 1. The zero-order chi connectivity index (χ0) is 24.8. The van der Waals surface area contributed by atoms with E-state index in [4.69, 9.17) is 13.9 Å². The topological polar surface area (TPSA) is 103 Å². The van der Waals surface area contributed by atoms with E-state index in [1.807, 2.05) is 18.2 Å². The number of halogens is 1. The molecule has 0 radical (unpaired) electrons. The summed E-state index contributed by atoms with van der Waals surface area (Å²) in [6, 6.07) is 13.4. The lowest BCUT2D eigenvalue weighted by atomic mass is 10.1. The third-order valence-electron chi connectivity index (χ3n) is 5.05. The lowest BCUT2D eigenvalue weighted by Crippen LogP contribution is -2.09. The number of methoxy groups -OCH3 is 2. The molecule has 0 bridgehead atoms. The van der Waals surface area contributed by atoms with E-state index in [0.717, 1.165) is 5.56 Å². The summed E-state index contributed by atoms with van der Waals surface area (Å²) in [6.07, 6.45) is 2.13. The van der Waals surface area contributed by atoms with Gasteiger partial charge in [0.15, 0.2) is 5.76 Å². The fourth-order valence-electron chi connectivity index (χ4n) is 3.53. The zero-order valence-corrected chi connectivity index (χ0v) is 20.2. The van der Waals surface area contributed by atoms with Crippen LogP contribution in [0, 0.1) is 5.82 Å². The highest BCUT2D eigenvalue weighted by atomic mass is 32.2. The molecule has 0 aliphatic rings. The van der Waals surface area contributed by atoms with Crippen molar-refractivity contribution in [2.45, 2.75) is 13.3 Å². The number of carbonyl (C=O) groups is 1. The number of furan rings is 1. The van der Waals surface area contributed by atoms with Crippen LogP contribution in [0.2, 0.25) is 0 Å². The minimum absolute atomic E-state index is 0.257. The molecule has 182 valence electrons. The van der Waals surface area contributed by atoms with Gasteiger partial charge in [0.25, 0.3) is 0 Å². The molecule has 9 nitrogen and oxygen atoms in total. The first-order chi connectivity index (χ1) is 17.0. The number of hydrogen-bond donors (Lipinski definition) is 2. The summed E-state index contributed by atoms with van der Waals surface area (Å²) in [6.45, 7) is 1.39. The fourth-order valence-corrected chi connectivity index (χ4v) is 4.21. The number of aryl methyl sites for hydroxylation is 1. The molecule has 0 saturated heterocycles. The molecule has 0 atom stereocenters. The molecular weight excluding hydrogens is 473 g/mol. The van der Waals surface area contributed by atoms with Gasteiger partial charge in [0.2, 0.25) is 17.7 Å². The Morgan fingerprint density at radius 2 is 1.89 bits per heavy atom. The minimum atomic E-state index is -0.410. The molecule has 2 aromatic carbocycles. The van der Waals surface area contributed by atoms with E-state index in [1.54, 1.807) is 43.2 Å². The molecule has 0 fully saturated rings. The van der Waals surface area contributed by atoms with E-state index in [2.05, 4.69) is 20.2 Å². The molecular formula is C24H24FN5O4S. The first kappa shape index (κ1) is 24.1. The van der Waals surface area contributed by atoms with Gasteiger partial charge in [0.05, 0.1) is 20.5 Å². The van der Waals surface area contributed by atoms with Crippen LogP contribution in [0.5, 0.6) is 11.5 Å². The third-order valence-corrected chi connectivity index (χ3v) is 5.78. The average Bonchev–Trinajstić information content (AvgIpc) is 3.52. The van der Waals surface area contributed by atoms with Crippen LogP contribution in [-0.2, 0) is 11.2 Å². The minimum Gasteiger partial charge on any atom is -0.494 e. The number of hydrogen-bond acceptors (Lipinski definition) is 8. The number of para-hydroxylation sites is 1. The van der Waals surface area contributed by atoms with Gasteiger partial charge in [-0.1, -0.05) is 12.1 Å². The molecule has 0 aliphatic heterocycles. The number of ether oxygens (including phenoxy) is 2. The quantitative estimate of drug-likeness (QED) is 0.234. The normalized spacial score (nSPS) is 10.7. The molecule has 0 unspecified atom stereocenters. The Morgan fingerprint density at radius 3 is 2.54 bits per heavy atom. The van der Waals surface area contributed by atoms with Gasteiger partial charge in [-0.2, -0.15) is 0 Å². The Labute approximate surface area is 205 Å². The summed E-state index contributed by atoms with van der Waals surface area (Å²) in [4.78, 5) is 11.5. The first-order valence-electron chi connectivity index (χ1n) is 10.7. The number of nitrogens with one attached hydrogen (secondary N) is 2. The average molecular weight is 498 g/mol. The van der Waals surface area contributed by atoms with Crippen LogP contribution in [0.1, 0.15) is 12.5 Å². The molecule has 0 aliphatic carbocycles. The summed E-state index contributed by atoms with van der Waals surface area (Å²) in [7, 11) is 3.15. The van der Waals surface area contributed by atoms with Gasteiger partial charge >= 0.3 is 0 Å². The van der Waals surface area contributed by atoms with Crippen molar-refractivity contribution in [1.29, 1.82) is 0 Å². The standard InChI is InChI=1S/C24H24FN5O4S/c1-15(31)26-18-14-17(25)10-9-16(18)11-13-35-29-24-28-27-23(21-8-5-12-34-21)30(24)22-19(32-2)6-4-7-20(22)33-3/h4-10,12,14H,11,13H2,1-3H3,(H,26,31)(H,28,29). The maximum Gasteiger partial charge on any atom is 0.239 e. The molecule has 11 heteroatoms. The van der Waals surface area contributed by atoms with Gasteiger partial charge in [0.1, 0.15) is 23.0 Å². The van der Waals surface area contributed by atoms with Crippen LogP contribution >= 0.6 is 11.9 Å². The van der Waals surface area contributed by atoms with Gasteiger partial charge in [0, 0.05) is 18.4 Å². The molecule has 2 heterocycles. The van der Waals surface area contributed by atoms with Crippen LogP contribution in [0.4, 0.5) is 16.0 Å². The second-order valence-corrected chi connectivity index (χ2v) is 8.26. The Hall–Kier alpha value is -3.99. The maximum absolute atomic E-state index is 13.6. The number of rotatable bonds is 10. The molecule has 0 saturated carbocycles. The lowest BCUT2D eigenvalue weighted by molar-refractivity contribution is -0.114. The molecule has 0 spiro atoms. The molecule has 4 rings (SSSR count). The zero-order valence-electron chi connectivity index (χ0n) is 19.4.